The number of benzene rings is 1. The van der Waals surface area contributed by atoms with E-state index in [1.165, 1.54) is 26.0 Å². The highest BCUT2D eigenvalue weighted by Gasteiger charge is 2.80. The predicted molar refractivity (Wildman–Crippen MR) is 153 cm³/mol. The van der Waals surface area contributed by atoms with E-state index in [0.29, 0.717) is 24.8 Å². The summed E-state index contributed by atoms with van der Waals surface area (Å²) < 4.78 is 28.9. The average Bonchev–Trinajstić information content (AvgIpc) is 3.37. The van der Waals surface area contributed by atoms with E-state index in [4.69, 9.17) is 23.7 Å². The number of cyclic esters (lactones) is 1. The van der Waals surface area contributed by atoms with E-state index < -0.39 is 58.1 Å². The lowest BCUT2D eigenvalue weighted by Crippen LogP contribution is -2.84. The monoisotopic (exact) mass is 594 g/mol. The summed E-state index contributed by atoms with van der Waals surface area (Å²) in [5.41, 5.74) is -3.44. The smallest absolute Gasteiger partial charge is 0.331 e. The third-order valence-electron chi connectivity index (χ3n) is 9.87. The summed E-state index contributed by atoms with van der Waals surface area (Å²) in [5, 5.41) is 12.4. The molecule has 2 saturated carbocycles. The Morgan fingerprint density at radius 3 is 2.40 bits per heavy atom. The molecule has 0 radical (unpaired) electrons. The summed E-state index contributed by atoms with van der Waals surface area (Å²) in [6, 6.07) is 9.24. The van der Waals surface area contributed by atoms with Crippen LogP contribution in [0.15, 0.2) is 60.2 Å². The maximum atomic E-state index is 13.4. The lowest BCUT2D eigenvalue weighted by Gasteiger charge is -2.73. The fourth-order valence-corrected chi connectivity index (χ4v) is 7.55. The molecule has 10 nitrogen and oxygen atoms in total. The second-order valence-electron chi connectivity index (χ2n) is 12.3. The van der Waals surface area contributed by atoms with Crippen molar-refractivity contribution in [1.82, 2.24) is 0 Å². The number of carbonyl (C=O) groups is 4. The van der Waals surface area contributed by atoms with Crippen molar-refractivity contribution < 1.29 is 48.0 Å². The van der Waals surface area contributed by atoms with Gasteiger partial charge in [-0.15, -0.1) is 0 Å². The molecule has 43 heavy (non-hydrogen) atoms. The van der Waals surface area contributed by atoms with Crippen LogP contribution in [0.2, 0.25) is 0 Å². The SMILES string of the molecule is CC(=O)OC[C@@]12CCC[C@H]3[C@](C)(/C=C/C4=CC(=O)OC4)[C@](C)(O)C(OC(C)=O)C(OC(=O)/C=C/c4ccccc4)[C@@]31CO2. The molecule has 4 aliphatic rings. The first-order chi connectivity index (χ1) is 20.3. The van der Waals surface area contributed by atoms with Crippen LogP contribution in [0.3, 0.4) is 0 Å². The van der Waals surface area contributed by atoms with Crippen LogP contribution >= 0.6 is 0 Å². The Hall–Kier alpha value is -3.76. The number of hydrogen-bond donors (Lipinski definition) is 1. The second-order valence-corrected chi connectivity index (χ2v) is 12.3. The van der Waals surface area contributed by atoms with Crippen LogP contribution < -0.4 is 0 Å². The summed E-state index contributed by atoms with van der Waals surface area (Å²) in [4.78, 5) is 49.7. The van der Waals surface area contributed by atoms with Gasteiger partial charge in [0, 0.05) is 31.4 Å². The van der Waals surface area contributed by atoms with Gasteiger partial charge in [0.2, 0.25) is 0 Å². The van der Waals surface area contributed by atoms with E-state index in [1.54, 1.807) is 19.1 Å². The minimum Gasteiger partial charge on any atom is -0.463 e. The standard InChI is InChI=1S/C33H38O10/c1-21(34)40-19-32-15-8-11-25-30(3,16-14-24-17-27(37)39-18-24)31(4,38)28(42-22(2)35)29(33(25,32)20-41-32)43-26(36)13-12-23-9-6-5-7-10-23/h5-7,9-10,12-14,16-17,25,28-29,38H,8,11,15,18-20H2,1-4H3/b13-12+,16-14+/t25-,28?,29?,30-,31+,32-,33+/m0/s1. The van der Waals surface area contributed by atoms with Gasteiger partial charge < -0.3 is 28.8 Å². The van der Waals surface area contributed by atoms with E-state index in [9.17, 15) is 24.3 Å². The molecule has 2 aliphatic heterocycles. The minimum absolute atomic E-state index is 0.0883. The van der Waals surface area contributed by atoms with E-state index in [0.717, 1.165) is 5.56 Å². The zero-order chi connectivity index (χ0) is 31.0. The van der Waals surface area contributed by atoms with Crippen LogP contribution in [-0.4, -0.2) is 72.2 Å². The topological polar surface area (TPSA) is 135 Å². The van der Waals surface area contributed by atoms with Crippen molar-refractivity contribution in [2.45, 2.75) is 70.4 Å². The number of ether oxygens (including phenoxy) is 5. The fraction of sp³-hybridized carbons (Fsp3) is 0.515. The van der Waals surface area contributed by atoms with E-state index in [2.05, 4.69) is 0 Å². The van der Waals surface area contributed by atoms with E-state index in [-0.39, 0.29) is 25.7 Å². The third kappa shape index (κ3) is 5.20. The van der Waals surface area contributed by atoms with Crippen LogP contribution in [0.25, 0.3) is 6.08 Å². The third-order valence-corrected chi connectivity index (χ3v) is 9.87. The molecule has 2 heterocycles. The maximum Gasteiger partial charge on any atom is 0.331 e. The fourth-order valence-electron chi connectivity index (χ4n) is 7.55. The largest absolute Gasteiger partial charge is 0.463 e. The molecule has 1 spiro atoms. The van der Waals surface area contributed by atoms with Gasteiger partial charge in [-0.3, -0.25) is 9.59 Å². The van der Waals surface area contributed by atoms with Gasteiger partial charge in [0.25, 0.3) is 0 Å². The van der Waals surface area contributed by atoms with Gasteiger partial charge in [0.1, 0.15) is 24.4 Å². The molecule has 1 aromatic carbocycles. The van der Waals surface area contributed by atoms with E-state index in [1.807, 2.05) is 43.3 Å². The van der Waals surface area contributed by atoms with Crippen molar-refractivity contribution in [1.29, 1.82) is 0 Å². The molecule has 0 amide bonds. The van der Waals surface area contributed by atoms with Gasteiger partial charge in [-0.25, -0.2) is 9.59 Å². The van der Waals surface area contributed by atoms with Crippen molar-refractivity contribution in [3.05, 3.63) is 65.8 Å². The average molecular weight is 595 g/mol. The lowest BCUT2D eigenvalue weighted by molar-refractivity contribution is -0.401. The Morgan fingerprint density at radius 2 is 1.79 bits per heavy atom. The quantitative estimate of drug-likeness (QED) is 0.271. The molecular weight excluding hydrogens is 556 g/mol. The molecule has 0 bridgehead atoms. The Labute approximate surface area is 250 Å². The van der Waals surface area contributed by atoms with Gasteiger partial charge in [-0.1, -0.05) is 55.8 Å². The van der Waals surface area contributed by atoms with Crippen molar-refractivity contribution >= 4 is 30.0 Å². The van der Waals surface area contributed by atoms with Gasteiger partial charge in [0.05, 0.1) is 12.0 Å². The zero-order valence-corrected chi connectivity index (χ0v) is 24.9. The summed E-state index contributed by atoms with van der Waals surface area (Å²) in [5.74, 6) is -2.64. The number of carbonyl (C=O) groups excluding carboxylic acids is 4. The summed E-state index contributed by atoms with van der Waals surface area (Å²) in [7, 11) is 0. The van der Waals surface area contributed by atoms with Crippen molar-refractivity contribution in [2.24, 2.45) is 16.7 Å². The molecule has 3 fully saturated rings. The van der Waals surface area contributed by atoms with Crippen LogP contribution in [0.1, 0.15) is 52.5 Å². The first kappa shape index (κ1) is 30.7. The molecule has 5 rings (SSSR count). The molecule has 1 aromatic rings. The predicted octanol–water partition coefficient (Wildman–Crippen LogP) is 3.47. The van der Waals surface area contributed by atoms with Crippen LogP contribution in [0.4, 0.5) is 0 Å². The maximum absolute atomic E-state index is 13.4. The van der Waals surface area contributed by atoms with E-state index >= 15 is 0 Å². The van der Waals surface area contributed by atoms with Crippen LogP contribution in [-0.2, 0) is 42.9 Å². The van der Waals surface area contributed by atoms with Crippen molar-refractivity contribution in [3.8, 4) is 0 Å². The van der Waals surface area contributed by atoms with Gasteiger partial charge >= 0.3 is 23.9 Å². The Kier molecular flexibility index (Phi) is 8.13. The molecule has 2 unspecified atom stereocenters. The number of hydrogen-bond acceptors (Lipinski definition) is 10. The molecule has 1 saturated heterocycles. The Bertz CT molecular complexity index is 1380. The minimum atomic E-state index is -1.75. The highest BCUT2D eigenvalue weighted by atomic mass is 16.6. The lowest BCUT2D eigenvalue weighted by atomic mass is 9.39. The summed E-state index contributed by atoms with van der Waals surface area (Å²) in [6.45, 7) is 6.13. The van der Waals surface area contributed by atoms with Crippen LogP contribution in [0.5, 0.6) is 0 Å². The molecule has 2 aliphatic carbocycles. The highest BCUT2D eigenvalue weighted by Crippen LogP contribution is 2.70. The first-order valence-corrected chi connectivity index (χ1v) is 14.5. The van der Waals surface area contributed by atoms with Crippen LogP contribution in [0, 0.1) is 16.7 Å². The van der Waals surface area contributed by atoms with Crippen molar-refractivity contribution in [3.63, 3.8) is 0 Å². The Balaban J connectivity index is 1.62. The molecular formula is C33H38O10. The molecule has 10 heteroatoms. The van der Waals surface area contributed by atoms with Gasteiger partial charge in [-0.2, -0.15) is 0 Å². The molecule has 1 N–H and O–H groups in total. The van der Waals surface area contributed by atoms with Gasteiger partial charge in [0.15, 0.2) is 12.2 Å². The number of esters is 4. The Morgan fingerprint density at radius 1 is 1.05 bits per heavy atom. The number of aliphatic hydroxyl groups is 1. The molecule has 230 valence electrons. The van der Waals surface area contributed by atoms with Gasteiger partial charge in [-0.05, 0) is 42.9 Å². The molecule has 0 aromatic heterocycles. The normalized spacial score (nSPS) is 36.6. The summed E-state index contributed by atoms with van der Waals surface area (Å²) in [6.07, 6.45) is 7.26. The first-order valence-electron chi connectivity index (χ1n) is 14.5. The molecule has 7 atom stereocenters. The zero-order valence-electron chi connectivity index (χ0n) is 24.9. The highest BCUT2D eigenvalue weighted by molar-refractivity contribution is 5.87. The summed E-state index contributed by atoms with van der Waals surface area (Å²) >= 11 is 0. The number of rotatable bonds is 8. The second kappa shape index (κ2) is 11.4. The van der Waals surface area contributed by atoms with Crippen molar-refractivity contribution in [2.75, 3.05) is 19.8 Å².